The molecule has 0 aromatic heterocycles. The molecule has 5 nitrogen and oxygen atoms in total. The molecular weight excluding hydrogens is 396 g/mol. The molecule has 0 atom stereocenters. The molecule has 2 aromatic carbocycles. The Bertz CT molecular complexity index is 954. The largest absolute Gasteiger partial charge is 0.350 e. The van der Waals surface area contributed by atoms with Crippen LogP contribution in [0.25, 0.3) is 0 Å². The number of hydrogen-bond acceptors (Lipinski definition) is 3. The Balaban J connectivity index is 2.49. The highest BCUT2D eigenvalue weighted by atomic mass is 35.5. The van der Waals surface area contributed by atoms with E-state index >= 15 is 0 Å². The molecule has 0 bridgehead atoms. The first-order chi connectivity index (χ1) is 13.0. The van der Waals surface area contributed by atoms with Crippen LogP contribution in [0.1, 0.15) is 38.3 Å². The van der Waals surface area contributed by atoms with Crippen molar-refractivity contribution in [2.75, 3.05) is 10.8 Å². The van der Waals surface area contributed by atoms with Crippen LogP contribution in [0.3, 0.4) is 0 Å². The minimum atomic E-state index is -3.93. The summed E-state index contributed by atoms with van der Waals surface area (Å²) in [6.45, 7) is 9.10. The molecule has 0 aliphatic rings. The van der Waals surface area contributed by atoms with Gasteiger partial charge >= 0.3 is 0 Å². The van der Waals surface area contributed by atoms with E-state index < -0.39 is 15.6 Å². The van der Waals surface area contributed by atoms with E-state index in [-0.39, 0.29) is 17.3 Å². The summed E-state index contributed by atoms with van der Waals surface area (Å²) in [7, 11) is -3.93. The van der Waals surface area contributed by atoms with E-state index in [1.54, 1.807) is 49.4 Å². The molecule has 0 spiro atoms. The third kappa shape index (κ3) is 5.26. The maximum atomic E-state index is 13.4. The van der Waals surface area contributed by atoms with Gasteiger partial charge in [-0.1, -0.05) is 36.2 Å². The molecular formula is C21H27ClN2O3S. The molecule has 0 aliphatic carbocycles. The molecule has 1 amide bonds. The predicted molar refractivity (Wildman–Crippen MR) is 114 cm³/mol. The first kappa shape index (κ1) is 22.2. The quantitative estimate of drug-likeness (QED) is 0.716. The molecule has 0 saturated heterocycles. The number of benzene rings is 2. The molecule has 0 fully saturated rings. The average molecular weight is 423 g/mol. The maximum absolute atomic E-state index is 13.4. The van der Waals surface area contributed by atoms with Gasteiger partial charge in [-0.05, 0) is 70.0 Å². The van der Waals surface area contributed by atoms with E-state index in [0.717, 1.165) is 16.3 Å². The molecule has 1 N–H and O–H groups in total. The van der Waals surface area contributed by atoms with Gasteiger partial charge in [-0.15, -0.1) is 0 Å². The van der Waals surface area contributed by atoms with Crippen molar-refractivity contribution in [1.82, 2.24) is 5.32 Å². The number of nitrogens with zero attached hydrogens (tertiary/aromatic N) is 1. The van der Waals surface area contributed by atoms with Crippen LogP contribution in [-0.2, 0) is 14.8 Å². The van der Waals surface area contributed by atoms with Crippen molar-refractivity contribution in [3.63, 3.8) is 0 Å². The molecule has 7 heteroatoms. The third-order valence-corrected chi connectivity index (χ3v) is 6.69. The minimum absolute atomic E-state index is 0.134. The van der Waals surface area contributed by atoms with Gasteiger partial charge in [-0.2, -0.15) is 0 Å². The summed E-state index contributed by atoms with van der Waals surface area (Å²) in [6, 6.07) is 11.5. The van der Waals surface area contributed by atoms with Crippen molar-refractivity contribution in [2.45, 2.75) is 51.5 Å². The van der Waals surface area contributed by atoms with Gasteiger partial charge in [-0.3, -0.25) is 9.10 Å². The number of amides is 1. The number of anilines is 1. The van der Waals surface area contributed by atoms with Crippen LogP contribution >= 0.6 is 11.6 Å². The Morgan fingerprint density at radius 1 is 1.11 bits per heavy atom. The number of halogens is 1. The number of hydrogen-bond donors (Lipinski definition) is 1. The first-order valence-electron chi connectivity index (χ1n) is 9.13. The molecule has 0 radical (unpaired) electrons. The fourth-order valence-corrected chi connectivity index (χ4v) is 4.38. The number of carbonyl (C=O) groups is 1. The van der Waals surface area contributed by atoms with Gasteiger partial charge in [-0.25, -0.2) is 8.42 Å². The summed E-state index contributed by atoms with van der Waals surface area (Å²) in [5, 5.41) is 3.40. The lowest BCUT2D eigenvalue weighted by atomic mass is 10.0. The molecule has 0 unspecified atom stereocenters. The number of sulfonamides is 1. The van der Waals surface area contributed by atoms with Gasteiger partial charge in [0.1, 0.15) is 6.54 Å². The number of nitrogens with one attached hydrogen (secondary N) is 1. The number of rotatable bonds is 7. The zero-order chi connectivity index (χ0) is 21.1. The zero-order valence-electron chi connectivity index (χ0n) is 16.9. The SMILES string of the molecule is CCC(C)(C)NC(=O)CN(c1ccc(Cl)cc1C)S(=O)(=O)c1ccc(C)cc1. The normalized spacial score (nSPS) is 11.9. The van der Waals surface area contributed by atoms with Crippen LogP contribution < -0.4 is 9.62 Å². The summed E-state index contributed by atoms with van der Waals surface area (Å²) in [4.78, 5) is 12.8. The van der Waals surface area contributed by atoms with Crippen LogP contribution in [0.2, 0.25) is 5.02 Å². The van der Waals surface area contributed by atoms with Gasteiger partial charge in [0.25, 0.3) is 10.0 Å². The standard InChI is InChI=1S/C21H27ClN2O3S/c1-6-21(4,5)23-20(25)14-24(19-12-9-17(22)13-16(19)3)28(26,27)18-10-7-15(2)8-11-18/h7-13H,6,14H2,1-5H3,(H,23,25). The second kappa shape index (κ2) is 8.53. The van der Waals surface area contributed by atoms with E-state index in [4.69, 9.17) is 11.6 Å². The van der Waals surface area contributed by atoms with Gasteiger partial charge < -0.3 is 5.32 Å². The Morgan fingerprint density at radius 3 is 2.25 bits per heavy atom. The van der Waals surface area contributed by atoms with Crippen LogP contribution in [0, 0.1) is 13.8 Å². The average Bonchev–Trinajstić information content (AvgIpc) is 2.60. The Morgan fingerprint density at radius 2 is 1.71 bits per heavy atom. The van der Waals surface area contributed by atoms with Gasteiger partial charge in [0.15, 0.2) is 0 Å². The van der Waals surface area contributed by atoms with Crippen molar-refractivity contribution in [2.24, 2.45) is 0 Å². The van der Waals surface area contributed by atoms with Crippen LogP contribution in [-0.4, -0.2) is 26.4 Å². The summed E-state index contributed by atoms with van der Waals surface area (Å²) in [5.41, 5.74) is 1.63. The highest BCUT2D eigenvalue weighted by molar-refractivity contribution is 7.92. The third-order valence-electron chi connectivity index (χ3n) is 4.69. The molecule has 0 saturated carbocycles. The van der Waals surface area contributed by atoms with Crippen molar-refractivity contribution >= 4 is 33.2 Å². The summed E-state index contributed by atoms with van der Waals surface area (Å²) in [6.07, 6.45) is 0.726. The highest BCUT2D eigenvalue weighted by Gasteiger charge is 2.29. The van der Waals surface area contributed by atoms with E-state index in [1.807, 2.05) is 27.7 Å². The predicted octanol–water partition coefficient (Wildman–Crippen LogP) is 4.46. The number of aryl methyl sites for hydroxylation is 2. The van der Waals surface area contributed by atoms with E-state index in [1.165, 1.54) is 0 Å². The zero-order valence-corrected chi connectivity index (χ0v) is 18.5. The van der Waals surface area contributed by atoms with Gasteiger partial charge in [0.2, 0.25) is 5.91 Å². The summed E-state index contributed by atoms with van der Waals surface area (Å²) >= 11 is 6.03. The minimum Gasteiger partial charge on any atom is -0.350 e. The van der Waals surface area contributed by atoms with E-state index in [0.29, 0.717) is 16.3 Å². The van der Waals surface area contributed by atoms with Crippen molar-refractivity contribution < 1.29 is 13.2 Å². The maximum Gasteiger partial charge on any atom is 0.264 e. The van der Waals surface area contributed by atoms with Crippen LogP contribution in [0.4, 0.5) is 5.69 Å². The molecule has 2 aromatic rings. The van der Waals surface area contributed by atoms with E-state index in [9.17, 15) is 13.2 Å². The Labute approximate surface area is 172 Å². The molecule has 2 rings (SSSR count). The van der Waals surface area contributed by atoms with Crippen LogP contribution in [0.15, 0.2) is 47.4 Å². The van der Waals surface area contributed by atoms with Crippen molar-refractivity contribution in [1.29, 1.82) is 0 Å². The topological polar surface area (TPSA) is 66.5 Å². The van der Waals surface area contributed by atoms with Gasteiger partial charge in [0, 0.05) is 10.6 Å². The molecule has 0 heterocycles. The second-order valence-electron chi connectivity index (χ2n) is 7.54. The summed E-state index contributed by atoms with van der Waals surface area (Å²) < 4.78 is 27.9. The lowest BCUT2D eigenvalue weighted by molar-refractivity contribution is -0.121. The highest BCUT2D eigenvalue weighted by Crippen LogP contribution is 2.29. The summed E-state index contributed by atoms with van der Waals surface area (Å²) in [5.74, 6) is -0.364. The molecule has 0 aliphatic heterocycles. The molecule has 152 valence electrons. The Kier molecular flexibility index (Phi) is 6.78. The smallest absolute Gasteiger partial charge is 0.264 e. The van der Waals surface area contributed by atoms with Crippen LogP contribution in [0.5, 0.6) is 0 Å². The fourth-order valence-electron chi connectivity index (χ4n) is 2.67. The first-order valence-corrected chi connectivity index (χ1v) is 10.9. The number of carbonyl (C=O) groups excluding carboxylic acids is 1. The fraction of sp³-hybridized carbons (Fsp3) is 0.381. The Hall–Kier alpha value is -2.05. The molecule has 28 heavy (non-hydrogen) atoms. The lowest BCUT2D eigenvalue weighted by Gasteiger charge is -2.29. The van der Waals surface area contributed by atoms with Crippen molar-refractivity contribution in [3.05, 3.63) is 58.6 Å². The monoisotopic (exact) mass is 422 g/mol. The van der Waals surface area contributed by atoms with E-state index in [2.05, 4.69) is 5.32 Å². The van der Waals surface area contributed by atoms with Crippen molar-refractivity contribution in [3.8, 4) is 0 Å². The van der Waals surface area contributed by atoms with Gasteiger partial charge in [0.05, 0.1) is 10.6 Å². The lowest BCUT2D eigenvalue weighted by Crippen LogP contribution is -2.48. The second-order valence-corrected chi connectivity index (χ2v) is 9.84.